The van der Waals surface area contributed by atoms with Gasteiger partial charge in [0.15, 0.2) is 0 Å². The number of ketones is 1. The molecule has 2 rings (SSSR count). The highest BCUT2D eigenvalue weighted by Gasteiger charge is 2.28. The van der Waals surface area contributed by atoms with Crippen molar-refractivity contribution in [2.45, 2.75) is 24.7 Å². The molecule has 0 aromatic heterocycles. The zero-order valence-electron chi connectivity index (χ0n) is 10.0. The lowest BCUT2D eigenvalue weighted by molar-refractivity contribution is -0.120. The number of carbonyl (C=O) groups is 1. The van der Waals surface area contributed by atoms with Crippen molar-refractivity contribution in [3.8, 4) is 0 Å². The van der Waals surface area contributed by atoms with Gasteiger partial charge in [0.05, 0.1) is 4.90 Å². The third-order valence-electron chi connectivity index (χ3n) is 3.05. The molecule has 0 atom stereocenters. The van der Waals surface area contributed by atoms with Crippen LogP contribution in [0, 0.1) is 6.92 Å². The smallest absolute Gasteiger partial charge is 0.243 e. The van der Waals surface area contributed by atoms with E-state index in [1.165, 1.54) is 4.31 Å². The third-order valence-corrected chi connectivity index (χ3v) is 5.83. The molecule has 1 aliphatic rings. The van der Waals surface area contributed by atoms with E-state index in [2.05, 4.69) is 15.9 Å². The van der Waals surface area contributed by atoms with Gasteiger partial charge in [-0.25, -0.2) is 8.42 Å². The van der Waals surface area contributed by atoms with Gasteiger partial charge in [-0.1, -0.05) is 15.9 Å². The number of hydrogen-bond acceptors (Lipinski definition) is 3. The summed E-state index contributed by atoms with van der Waals surface area (Å²) in [6.45, 7) is 2.43. The van der Waals surface area contributed by atoms with Gasteiger partial charge in [0.2, 0.25) is 10.0 Å². The second kappa shape index (κ2) is 5.11. The van der Waals surface area contributed by atoms with Gasteiger partial charge >= 0.3 is 0 Å². The van der Waals surface area contributed by atoms with Crippen LogP contribution in [0.2, 0.25) is 0 Å². The van der Waals surface area contributed by atoms with Crippen molar-refractivity contribution in [1.82, 2.24) is 4.31 Å². The summed E-state index contributed by atoms with van der Waals surface area (Å²) >= 11 is 3.35. The van der Waals surface area contributed by atoms with E-state index in [4.69, 9.17) is 0 Å². The molecule has 1 saturated heterocycles. The number of rotatable bonds is 2. The first-order chi connectivity index (χ1) is 8.41. The summed E-state index contributed by atoms with van der Waals surface area (Å²) in [6.07, 6.45) is 0.628. The number of nitrogens with zero attached hydrogens (tertiary/aromatic N) is 1. The van der Waals surface area contributed by atoms with Crippen molar-refractivity contribution in [2.24, 2.45) is 0 Å². The molecule has 0 spiro atoms. The molecule has 18 heavy (non-hydrogen) atoms. The Kier molecular flexibility index (Phi) is 3.89. The standard InChI is InChI=1S/C12H14BrNO3S/c1-9-8-11(2-3-12(9)13)18(16,17)14-6-4-10(15)5-7-14/h2-3,8H,4-7H2,1H3. The first-order valence-corrected chi connectivity index (χ1v) is 7.92. The van der Waals surface area contributed by atoms with Crippen LogP contribution in [0.15, 0.2) is 27.6 Å². The Bertz CT molecular complexity index is 573. The third kappa shape index (κ3) is 2.65. The molecule has 1 fully saturated rings. The van der Waals surface area contributed by atoms with Crippen LogP contribution in [0.5, 0.6) is 0 Å². The molecule has 6 heteroatoms. The molecule has 1 aromatic carbocycles. The molecule has 0 radical (unpaired) electrons. The summed E-state index contributed by atoms with van der Waals surface area (Å²) in [5, 5.41) is 0. The Morgan fingerprint density at radius 2 is 1.83 bits per heavy atom. The SMILES string of the molecule is Cc1cc(S(=O)(=O)N2CCC(=O)CC2)ccc1Br. The Balaban J connectivity index is 2.30. The first-order valence-electron chi connectivity index (χ1n) is 5.69. The average Bonchev–Trinajstić information content (AvgIpc) is 2.33. The van der Waals surface area contributed by atoms with Crippen LogP contribution < -0.4 is 0 Å². The van der Waals surface area contributed by atoms with Crippen molar-refractivity contribution in [2.75, 3.05) is 13.1 Å². The average molecular weight is 332 g/mol. The van der Waals surface area contributed by atoms with Gasteiger partial charge in [-0.15, -0.1) is 0 Å². The normalized spacial score (nSPS) is 18.0. The van der Waals surface area contributed by atoms with E-state index in [0.29, 0.717) is 12.8 Å². The molecule has 0 unspecified atom stereocenters. The molecule has 0 saturated carbocycles. The summed E-state index contributed by atoms with van der Waals surface area (Å²) in [7, 11) is -3.46. The van der Waals surface area contributed by atoms with Gasteiger partial charge in [-0.2, -0.15) is 4.31 Å². The largest absolute Gasteiger partial charge is 0.300 e. The molecule has 98 valence electrons. The van der Waals surface area contributed by atoms with Gasteiger partial charge in [0, 0.05) is 30.4 Å². The fraction of sp³-hybridized carbons (Fsp3) is 0.417. The molecule has 0 bridgehead atoms. The summed E-state index contributed by atoms with van der Waals surface area (Å²) in [5.41, 5.74) is 0.879. The monoisotopic (exact) mass is 331 g/mol. The van der Waals surface area contributed by atoms with Crippen molar-refractivity contribution in [1.29, 1.82) is 0 Å². The molecule has 0 amide bonds. The quantitative estimate of drug-likeness (QED) is 0.834. The van der Waals surface area contributed by atoms with Gasteiger partial charge in [-0.05, 0) is 30.7 Å². The van der Waals surface area contributed by atoms with E-state index in [0.717, 1.165) is 10.0 Å². The van der Waals surface area contributed by atoms with Crippen LogP contribution in [-0.2, 0) is 14.8 Å². The van der Waals surface area contributed by atoms with E-state index < -0.39 is 10.0 Å². The van der Waals surface area contributed by atoms with Crippen LogP contribution >= 0.6 is 15.9 Å². The summed E-state index contributed by atoms with van der Waals surface area (Å²) in [4.78, 5) is 11.4. The topological polar surface area (TPSA) is 54.5 Å². The van der Waals surface area contributed by atoms with Crippen LogP contribution in [0.4, 0.5) is 0 Å². The van der Waals surface area contributed by atoms with Crippen molar-refractivity contribution in [3.63, 3.8) is 0 Å². The lowest BCUT2D eigenvalue weighted by Crippen LogP contribution is -2.38. The zero-order chi connectivity index (χ0) is 13.3. The molecular formula is C12H14BrNO3S. The zero-order valence-corrected chi connectivity index (χ0v) is 12.4. The molecule has 1 heterocycles. The van der Waals surface area contributed by atoms with E-state index in [9.17, 15) is 13.2 Å². The fourth-order valence-corrected chi connectivity index (χ4v) is 3.68. The minimum absolute atomic E-state index is 0.133. The fourth-order valence-electron chi connectivity index (χ4n) is 1.90. The van der Waals surface area contributed by atoms with E-state index in [1.807, 2.05) is 6.92 Å². The Hall–Kier alpha value is -0.720. The molecular weight excluding hydrogens is 318 g/mol. The number of sulfonamides is 1. The van der Waals surface area contributed by atoms with Crippen molar-refractivity contribution in [3.05, 3.63) is 28.2 Å². The van der Waals surface area contributed by atoms with Crippen LogP contribution in [0.1, 0.15) is 18.4 Å². The van der Waals surface area contributed by atoms with E-state index in [-0.39, 0.29) is 23.8 Å². The predicted octanol–water partition coefficient (Wildman–Crippen LogP) is 2.11. The molecule has 0 N–H and O–H groups in total. The summed E-state index contributed by atoms with van der Waals surface area (Å²) in [5.74, 6) is 0.133. The van der Waals surface area contributed by atoms with Crippen LogP contribution in [-0.4, -0.2) is 31.6 Å². The van der Waals surface area contributed by atoms with Gasteiger partial charge in [0.1, 0.15) is 5.78 Å². The summed E-state index contributed by atoms with van der Waals surface area (Å²) in [6, 6.07) is 4.97. The van der Waals surface area contributed by atoms with Crippen LogP contribution in [0.3, 0.4) is 0 Å². The van der Waals surface area contributed by atoms with Crippen molar-refractivity contribution >= 4 is 31.7 Å². The lowest BCUT2D eigenvalue weighted by atomic mass is 10.1. The predicted molar refractivity (Wildman–Crippen MR) is 71.9 cm³/mol. The molecule has 1 aliphatic heterocycles. The van der Waals surface area contributed by atoms with Gasteiger partial charge in [-0.3, -0.25) is 4.79 Å². The second-order valence-electron chi connectivity index (χ2n) is 4.35. The Morgan fingerprint density at radius 1 is 1.22 bits per heavy atom. The summed E-state index contributed by atoms with van der Waals surface area (Å²) < 4.78 is 27.0. The van der Waals surface area contributed by atoms with Crippen molar-refractivity contribution < 1.29 is 13.2 Å². The van der Waals surface area contributed by atoms with E-state index >= 15 is 0 Å². The maximum Gasteiger partial charge on any atom is 0.243 e. The van der Waals surface area contributed by atoms with Gasteiger partial charge in [0.25, 0.3) is 0 Å². The Labute approximate surface area is 115 Å². The van der Waals surface area contributed by atoms with Crippen LogP contribution in [0.25, 0.3) is 0 Å². The number of benzene rings is 1. The lowest BCUT2D eigenvalue weighted by Gasteiger charge is -2.25. The highest BCUT2D eigenvalue weighted by molar-refractivity contribution is 9.10. The number of aryl methyl sites for hydroxylation is 1. The Morgan fingerprint density at radius 3 is 2.39 bits per heavy atom. The minimum atomic E-state index is -3.46. The number of hydrogen-bond donors (Lipinski definition) is 0. The number of halogens is 1. The number of piperidine rings is 1. The highest BCUT2D eigenvalue weighted by atomic mass is 79.9. The maximum absolute atomic E-state index is 12.4. The molecule has 1 aromatic rings. The van der Waals surface area contributed by atoms with E-state index in [1.54, 1.807) is 18.2 Å². The first kappa shape index (κ1) is 13.7. The number of carbonyl (C=O) groups excluding carboxylic acids is 1. The minimum Gasteiger partial charge on any atom is -0.300 e. The second-order valence-corrected chi connectivity index (χ2v) is 7.15. The number of Topliss-reactive ketones (excluding diaryl/α,β-unsaturated/α-hetero) is 1. The molecule has 4 nitrogen and oxygen atoms in total. The highest BCUT2D eigenvalue weighted by Crippen LogP contribution is 2.24. The maximum atomic E-state index is 12.4. The molecule has 0 aliphatic carbocycles. The van der Waals surface area contributed by atoms with Gasteiger partial charge < -0.3 is 0 Å².